The zero-order valence-corrected chi connectivity index (χ0v) is 25.5. The number of benzene rings is 2. The van der Waals surface area contributed by atoms with Gasteiger partial charge >= 0.3 is 18.3 Å². The standard InChI is InChI=1S/C32H32F3N7O4/c1-31(2,3)46-30(45)42-15-13-24-25(27(42)43)22(26(41(24)4)23-12-14-37-28(36)40-23)17-18-6-5-7-21(16-18)39-29(44)38-20-10-8-19(9-11-20)32(33,34)35/h5-12,14,16H,13,15,17H2,1-4H3,(H2,36,37,40)(H2,38,39,44). The zero-order chi connectivity index (χ0) is 33.4. The van der Waals surface area contributed by atoms with Gasteiger partial charge in [-0.15, -0.1) is 0 Å². The average molecular weight is 636 g/mol. The van der Waals surface area contributed by atoms with Crippen LogP contribution in [0.15, 0.2) is 60.8 Å². The molecule has 4 amide bonds. The van der Waals surface area contributed by atoms with E-state index in [4.69, 9.17) is 10.5 Å². The third kappa shape index (κ3) is 6.95. The molecule has 0 bridgehead atoms. The molecule has 1 aliphatic heterocycles. The SMILES string of the molecule is Cn1c2c(c(Cc3cccc(NC(=O)Nc4ccc(C(F)(F)F)cc4)c3)c1-c1ccnc(N)n1)C(=O)N(C(=O)OC(C)(C)C)CC2. The summed E-state index contributed by atoms with van der Waals surface area (Å²) in [4.78, 5) is 49.0. The first-order chi connectivity index (χ1) is 21.6. The summed E-state index contributed by atoms with van der Waals surface area (Å²) in [6.07, 6.45) is -3.11. The second-order valence-electron chi connectivity index (χ2n) is 11.7. The van der Waals surface area contributed by atoms with Crippen molar-refractivity contribution in [3.05, 3.63) is 88.7 Å². The number of anilines is 3. The van der Waals surface area contributed by atoms with Crippen LogP contribution in [0.5, 0.6) is 0 Å². The van der Waals surface area contributed by atoms with Crippen LogP contribution in [0.4, 0.5) is 40.1 Å². The van der Waals surface area contributed by atoms with Gasteiger partial charge in [0.15, 0.2) is 0 Å². The first-order valence-electron chi connectivity index (χ1n) is 14.3. The van der Waals surface area contributed by atoms with E-state index in [1.165, 1.54) is 6.20 Å². The Morgan fingerprint density at radius 2 is 1.72 bits per heavy atom. The number of nitrogens with one attached hydrogen (secondary N) is 2. The number of amides is 4. The fourth-order valence-electron chi connectivity index (χ4n) is 5.29. The van der Waals surface area contributed by atoms with Crippen molar-refractivity contribution in [3.8, 4) is 11.4 Å². The van der Waals surface area contributed by atoms with Crippen LogP contribution in [0.25, 0.3) is 11.4 Å². The average Bonchev–Trinajstić information content (AvgIpc) is 3.23. The van der Waals surface area contributed by atoms with Gasteiger partial charge in [-0.2, -0.15) is 13.2 Å². The third-order valence-electron chi connectivity index (χ3n) is 7.21. The largest absolute Gasteiger partial charge is 0.443 e. The van der Waals surface area contributed by atoms with Crippen molar-refractivity contribution >= 4 is 35.4 Å². The number of ether oxygens (including phenoxy) is 1. The first-order valence-corrected chi connectivity index (χ1v) is 14.3. The Kier molecular flexibility index (Phi) is 8.48. The van der Waals surface area contributed by atoms with Crippen LogP contribution in [0.2, 0.25) is 0 Å². The summed E-state index contributed by atoms with van der Waals surface area (Å²) in [5.74, 6) is -0.450. The number of carbonyl (C=O) groups is 3. The molecule has 4 N–H and O–H groups in total. The lowest BCUT2D eigenvalue weighted by Gasteiger charge is -2.29. The molecule has 14 heteroatoms. The van der Waals surface area contributed by atoms with Crippen LogP contribution in [-0.2, 0) is 30.8 Å². The van der Waals surface area contributed by atoms with E-state index in [1.807, 2.05) is 17.7 Å². The highest BCUT2D eigenvalue weighted by Gasteiger charge is 2.38. The Morgan fingerprint density at radius 1 is 1.02 bits per heavy atom. The lowest BCUT2D eigenvalue weighted by molar-refractivity contribution is -0.137. The third-order valence-corrected chi connectivity index (χ3v) is 7.21. The van der Waals surface area contributed by atoms with E-state index in [-0.39, 0.29) is 24.6 Å². The summed E-state index contributed by atoms with van der Waals surface area (Å²) in [6.45, 7) is 5.31. The normalized spacial score (nSPS) is 13.3. The van der Waals surface area contributed by atoms with E-state index in [0.717, 1.165) is 34.9 Å². The van der Waals surface area contributed by atoms with Gasteiger partial charge in [0.1, 0.15) is 5.60 Å². The van der Waals surface area contributed by atoms with Gasteiger partial charge < -0.3 is 25.7 Å². The number of alkyl halides is 3. The van der Waals surface area contributed by atoms with Gasteiger partial charge in [-0.1, -0.05) is 12.1 Å². The summed E-state index contributed by atoms with van der Waals surface area (Å²) in [5, 5.41) is 5.20. The Balaban J connectivity index is 1.45. The second-order valence-corrected chi connectivity index (χ2v) is 11.7. The Hall–Kier alpha value is -5.40. The second kappa shape index (κ2) is 12.2. The minimum absolute atomic E-state index is 0.0505. The molecule has 4 aromatic rings. The number of hydrogen-bond acceptors (Lipinski definition) is 7. The fourth-order valence-corrected chi connectivity index (χ4v) is 5.29. The van der Waals surface area contributed by atoms with Crippen LogP contribution in [0.3, 0.4) is 0 Å². The van der Waals surface area contributed by atoms with Gasteiger partial charge in [0.25, 0.3) is 5.91 Å². The number of nitrogen functional groups attached to an aromatic ring is 1. The van der Waals surface area contributed by atoms with E-state index < -0.39 is 35.4 Å². The first kappa shape index (κ1) is 32.0. The van der Waals surface area contributed by atoms with Crippen LogP contribution in [0.1, 0.15) is 53.5 Å². The van der Waals surface area contributed by atoms with Crippen molar-refractivity contribution in [3.63, 3.8) is 0 Å². The van der Waals surface area contributed by atoms with Crippen molar-refractivity contribution in [1.82, 2.24) is 19.4 Å². The predicted molar refractivity (Wildman–Crippen MR) is 165 cm³/mol. The molecule has 0 atom stereocenters. The summed E-state index contributed by atoms with van der Waals surface area (Å²) in [5.41, 5.74) is 8.35. The molecule has 0 spiro atoms. The molecule has 2 aromatic heterocycles. The molecule has 2 aromatic carbocycles. The number of imide groups is 1. The number of nitrogens with two attached hydrogens (primary N) is 1. The maximum absolute atomic E-state index is 13.9. The van der Waals surface area contributed by atoms with Crippen molar-refractivity contribution in [1.29, 1.82) is 0 Å². The number of aromatic nitrogens is 3. The summed E-state index contributed by atoms with van der Waals surface area (Å²) >= 11 is 0. The summed E-state index contributed by atoms with van der Waals surface area (Å²) < 4.78 is 46.0. The maximum atomic E-state index is 13.9. The van der Waals surface area contributed by atoms with Crippen molar-refractivity contribution < 1.29 is 32.3 Å². The molecule has 3 heterocycles. The monoisotopic (exact) mass is 635 g/mol. The zero-order valence-electron chi connectivity index (χ0n) is 25.5. The number of rotatable bonds is 5. The number of nitrogens with zero attached hydrogens (tertiary/aromatic N) is 4. The molecule has 0 aliphatic carbocycles. The van der Waals surface area contributed by atoms with Crippen molar-refractivity contribution in [2.75, 3.05) is 22.9 Å². The fraction of sp³-hybridized carbons (Fsp3) is 0.281. The Labute approximate surface area is 262 Å². The smallest absolute Gasteiger partial charge is 0.417 e. The molecule has 240 valence electrons. The molecule has 0 saturated carbocycles. The van der Waals surface area contributed by atoms with Crippen LogP contribution in [-0.4, -0.2) is 49.6 Å². The lowest BCUT2D eigenvalue weighted by atomic mass is 9.95. The highest BCUT2D eigenvalue weighted by atomic mass is 19.4. The van der Waals surface area contributed by atoms with Gasteiger partial charge in [-0.25, -0.2) is 24.5 Å². The van der Waals surface area contributed by atoms with Crippen molar-refractivity contribution in [2.24, 2.45) is 7.05 Å². The molecule has 0 unspecified atom stereocenters. The Bertz CT molecular complexity index is 1810. The van der Waals surface area contributed by atoms with Gasteiger partial charge in [0.2, 0.25) is 5.95 Å². The molecular formula is C32H32F3N7O4. The lowest BCUT2D eigenvalue weighted by Crippen LogP contribution is -2.45. The van der Waals surface area contributed by atoms with E-state index in [9.17, 15) is 27.6 Å². The highest BCUT2D eigenvalue weighted by Crippen LogP contribution is 2.36. The van der Waals surface area contributed by atoms with Gasteiger partial charge in [0.05, 0.1) is 22.5 Å². The van der Waals surface area contributed by atoms with E-state index >= 15 is 0 Å². The maximum Gasteiger partial charge on any atom is 0.417 e. The minimum atomic E-state index is -4.49. The number of hydrogen-bond donors (Lipinski definition) is 3. The quantitative estimate of drug-likeness (QED) is 0.235. The summed E-state index contributed by atoms with van der Waals surface area (Å²) in [7, 11) is 1.82. The molecule has 1 aliphatic rings. The van der Waals surface area contributed by atoms with Gasteiger partial charge in [0, 0.05) is 49.7 Å². The van der Waals surface area contributed by atoms with Crippen LogP contribution in [0, 0.1) is 0 Å². The molecule has 0 fully saturated rings. The van der Waals surface area contributed by atoms with Crippen LogP contribution < -0.4 is 16.4 Å². The Morgan fingerprint density at radius 3 is 2.37 bits per heavy atom. The van der Waals surface area contributed by atoms with Crippen LogP contribution >= 0.6 is 0 Å². The highest BCUT2D eigenvalue weighted by molar-refractivity contribution is 6.07. The molecule has 5 rings (SSSR count). The number of urea groups is 1. The number of carbonyl (C=O) groups excluding carboxylic acids is 3. The van der Waals surface area contributed by atoms with E-state index in [1.54, 1.807) is 45.0 Å². The van der Waals surface area contributed by atoms with E-state index in [2.05, 4.69) is 20.6 Å². The molecule has 11 nitrogen and oxygen atoms in total. The molecule has 0 radical (unpaired) electrons. The topological polar surface area (TPSA) is 144 Å². The van der Waals surface area contributed by atoms with Gasteiger partial charge in [-0.3, -0.25) is 4.79 Å². The summed E-state index contributed by atoms with van der Waals surface area (Å²) in [6, 6.07) is 12.0. The number of halogens is 3. The molecule has 0 saturated heterocycles. The van der Waals surface area contributed by atoms with Gasteiger partial charge in [-0.05, 0) is 74.4 Å². The predicted octanol–water partition coefficient (Wildman–Crippen LogP) is 6.25. The minimum Gasteiger partial charge on any atom is -0.443 e. The number of fused-ring (bicyclic) bond motifs is 1. The van der Waals surface area contributed by atoms with Crippen molar-refractivity contribution in [2.45, 2.75) is 45.4 Å². The molecular weight excluding hydrogens is 603 g/mol. The molecule has 46 heavy (non-hydrogen) atoms. The van der Waals surface area contributed by atoms with E-state index in [0.29, 0.717) is 40.2 Å².